The van der Waals surface area contributed by atoms with Gasteiger partial charge in [0.25, 0.3) is 7.82 Å². The van der Waals surface area contributed by atoms with Crippen LogP contribution in [0.5, 0.6) is 0 Å². The zero-order chi connectivity index (χ0) is 49.9. The quantitative estimate of drug-likeness (QED) is 0.0195. The lowest BCUT2D eigenvalue weighted by Crippen LogP contribution is -2.37. The van der Waals surface area contributed by atoms with Crippen LogP contribution in [0.4, 0.5) is 0 Å². The first-order chi connectivity index (χ1) is 33.0. The Kier molecular flexibility index (Phi) is 45.5. The molecule has 0 aliphatic heterocycles. The second-order valence-corrected chi connectivity index (χ2v) is 19.2. The Balaban J connectivity index is 4.39. The van der Waals surface area contributed by atoms with Gasteiger partial charge in [-0.1, -0.05) is 180 Å². The van der Waals surface area contributed by atoms with Gasteiger partial charge >= 0.3 is 11.9 Å². The highest BCUT2D eigenvalue weighted by Gasteiger charge is 2.21. The molecular formula is C58H94NO8P. The van der Waals surface area contributed by atoms with E-state index in [1.165, 1.54) is 19.3 Å². The van der Waals surface area contributed by atoms with Gasteiger partial charge in [0.1, 0.15) is 19.8 Å². The normalized spacial score (nSPS) is 14.5. The Labute approximate surface area is 415 Å². The summed E-state index contributed by atoms with van der Waals surface area (Å²) in [6.45, 7) is 3.91. The zero-order valence-electron chi connectivity index (χ0n) is 43.2. The predicted molar refractivity (Wildman–Crippen MR) is 286 cm³/mol. The number of rotatable bonds is 45. The Hall–Kier alpha value is -3.85. The first kappa shape index (κ1) is 64.2. The number of likely N-dealkylation sites (N-methyl/N-ethyl adjacent to an activating group) is 1. The minimum absolute atomic E-state index is 0.0500. The average Bonchev–Trinajstić information content (AvgIpc) is 3.30. The van der Waals surface area contributed by atoms with Crippen LogP contribution < -0.4 is 4.89 Å². The molecule has 0 bridgehead atoms. The molecule has 0 N–H and O–H groups in total. The number of phosphoric ester groups is 1. The fraction of sp³-hybridized carbons (Fsp3) is 0.586. The molecule has 0 amide bonds. The number of phosphoric acid groups is 1. The number of ether oxygens (including phenoxy) is 2. The van der Waals surface area contributed by atoms with Crippen LogP contribution in [0.2, 0.25) is 0 Å². The zero-order valence-corrected chi connectivity index (χ0v) is 44.1. The Morgan fingerprint density at radius 1 is 0.456 bits per heavy atom. The monoisotopic (exact) mass is 964 g/mol. The number of nitrogens with zero attached hydrogens (tertiary/aromatic N) is 1. The van der Waals surface area contributed by atoms with Gasteiger partial charge in [0.05, 0.1) is 27.7 Å². The molecule has 0 aliphatic carbocycles. The Morgan fingerprint density at radius 2 is 0.794 bits per heavy atom. The van der Waals surface area contributed by atoms with Gasteiger partial charge in [0, 0.05) is 12.8 Å². The molecule has 0 aromatic heterocycles. The third-order valence-corrected chi connectivity index (χ3v) is 11.1. The summed E-state index contributed by atoms with van der Waals surface area (Å²) >= 11 is 0. The molecular weight excluding hydrogens is 870 g/mol. The summed E-state index contributed by atoms with van der Waals surface area (Å²) < 4.78 is 34.0. The fourth-order valence-corrected chi connectivity index (χ4v) is 6.94. The number of allylic oxidation sites excluding steroid dienone is 22. The van der Waals surface area contributed by atoms with Crippen LogP contribution in [0.3, 0.4) is 0 Å². The van der Waals surface area contributed by atoms with Gasteiger partial charge in [-0.25, -0.2) is 0 Å². The minimum atomic E-state index is -4.66. The smallest absolute Gasteiger partial charge is 0.306 e. The van der Waals surface area contributed by atoms with E-state index in [0.29, 0.717) is 23.9 Å². The summed E-state index contributed by atoms with van der Waals surface area (Å²) in [5.74, 6) is -0.911. The molecule has 0 rings (SSSR count). The molecule has 0 aromatic rings. The maximum absolute atomic E-state index is 12.7. The van der Waals surface area contributed by atoms with E-state index in [2.05, 4.69) is 148 Å². The van der Waals surface area contributed by atoms with E-state index in [0.717, 1.165) is 109 Å². The summed E-state index contributed by atoms with van der Waals surface area (Å²) in [7, 11) is 1.10. The highest BCUT2D eigenvalue weighted by atomic mass is 31.2. The van der Waals surface area contributed by atoms with Crippen LogP contribution in [0.15, 0.2) is 134 Å². The van der Waals surface area contributed by atoms with Crippen LogP contribution >= 0.6 is 7.82 Å². The van der Waals surface area contributed by atoms with Crippen molar-refractivity contribution in [1.29, 1.82) is 0 Å². The number of hydrogen-bond acceptors (Lipinski definition) is 8. The molecule has 0 heterocycles. The molecule has 2 atom stereocenters. The van der Waals surface area contributed by atoms with E-state index in [1.54, 1.807) is 0 Å². The SMILES string of the molecule is CC/C=C\C/C=C\C/C=C\C/C=C\C/C=C\C/C=C\CCCCC(=O)OC(COC(=O)CCCCCCCCC/C=C\C/C=C\C/C=C\C/C=C\C/C=C\CC)COP(=O)([O-])OCC[N+](C)(C)C. The highest BCUT2D eigenvalue weighted by Crippen LogP contribution is 2.38. The van der Waals surface area contributed by atoms with Crippen LogP contribution in [0, 0.1) is 0 Å². The maximum Gasteiger partial charge on any atom is 0.306 e. The van der Waals surface area contributed by atoms with Crippen molar-refractivity contribution >= 4 is 19.8 Å². The van der Waals surface area contributed by atoms with E-state index in [4.69, 9.17) is 18.5 Å². The minimum Gasteiger partial charge on any atom is -0.756 e. The molecule has 0 saturated heterocycles. The molecule has 0 aliphatic rings. The summed E-state index contributed by atoms with van der Waals surface area (Å²) in [6, 6.07) is 0. The second-order valence-electron chi connectivity index (χ2n) is 17.8. The lowest BCUT2D eigenvalue weighted by atomic mass is 10.1. The van der Waals surface area contributed by atoms with Gasteiger partial charge in [-0.2, -0.15) is 0 Å². The van der Waals surface area contributed by atoms with Crippen molar-refractivity contribution in [1.82, 2.24) is 0 Å². The highest BCUT2D eigenvalue weighted by molar-refractivity contribution is 7.45. The van der Waals surface area contributed by atoms with E-state index in [-0.39, 0.29) is 26.1 Å². The standard InChI is InChI=1S/C58H94NO8P/c1-6-8-10-12-14-16-18-20-22-24-26-28-29-31-32-34-36-38-40-42-44-46-48-50-57(60)64-54-56(55-66-68(62,63)65-53-52-59(3,4)5)67-58(61)51-49-47-45-43-41-39-37-35-33-30-27-25-23-21-19-17-15-13-11-9-7-2/h8-11,14-17,20-23,26-28,30-32,35,37,41,43,56H,6-7,12-13,18-19,24-25,29,33-34,36,38-40,42,44-55H2,1-5H3/b10-8-,11-9-,16-14-,17-15-,22-20-,23-21-,28-26-,30-27-,32-31-,37-35-,43-41-. The van der Waals surface area contributed by atoms with E-state index in [9.17, 15) is 19.0 Å². The molecule has 0 spiro atoms. The molecule has 0 aromatic carbocycles. The average molecular weight is 964 g/mol. The first-order valence-electron chi connectivity index (χ1n) is 25.9. The van der Waals surface area contributed by atoms with E-state index >= 15 is 0 Å². The van der Waals surface area contributed by atoms with E-state index in [1.807, 2.05) is 21.1 Å². The van der Waals surface area contributed by atoms with E-state index < -0.39 is 32.5 Å². The molecule has 0 fully saturated rings. The Morgan fingerprint density at radius 3 is 1.21 bits per heavy atom. The maximum atomic E-state index is 12.7. The Bertz CT molecular complexity index is 1610. The lowest BCUT2D eigenvalue weighted by Gasteiger charge is -2.28. The second kappa shape index (κ2) is 48.2. The van der Waals surface area contributed by atoms with Crippen molar-refractivity contribution in [2.75, 3.05) is 47.5 Å². The number of unbranched alkanes of at least 4 members (excludes halogenated alkanes) is 9. The van der Waals surface area contributed by atoms with Gasteiger partial charge in [0.2, 0.25) is 0 Å². The first-order valence-corrected chi connectivity index (χ1v) is 27.4. The van der Waals surface area contributed by atoms with Crippen molar-refractivity contribution in [2.24, 2.45) is 0 Å². The van der Waals surface area contributed by atoms with Gasteiger partial charge < -0.3 is 27.9 Å². The van der Waals surface area contributed by atoms with Crippen molar-refractivity contribution in [3.63, 3.8) is 0 Å². The topological polar surface area (TPSA) is 111 Å². The summed E-state index contributed by atoms with van der Waals surface area (Å²) in [5.41, 5.74) is 0. The third-order valence-electron chi connectivity index (χ3n) is 10.2. The number of quaternary nitrogens is 1. The molecule has 68 heavy (non-hydrogen) atoms. The number of carbonyl (C=O) groups is 2. The summed E-state index contributed by atoms with van der Waals surface area (Å²) in [5, 5.41) is 0. The summed E-state index contributed by atoms with van der Waals surface area (Å²) in [4.78, 5) is 37.8. The lowest BCUT2D eigenvalue weighted by molar-refractivity contribution is -0.870. The number of hydrogen-bond donors (Lipinski definition) is 0. The predicted octanol–water partition coefficient (Wildman–Crippen LogP) is 15.2. The van der Waals surface area contributed by atoms with Crippen LogP contribution in [-0.4, -0.2) is 70.0 Å². The van der Waals surface area contributed by atoms with Crippen molar-refractivity contribution in [2.45, 2.75) is 174 Å². The largest absolute Gasteiger partial charge is 0.756 e. The van der Waals surface area contributed by atoms with Crippen LogP contribution in [0.1, 0.15) is 168 Å². The number of esters is 2. The van der Waals surface area contributed by atoms with Gasteiger partial charge in [-0.3, -0.25) is 14.2 Å². The van der Waals surface area contributed by atoms with Crippen molar-refractivity contribution in [3.05, 3.63) is 134 Å². The van der Waals surface area contributed by atoms with Gasteiger partial charge in [-0.15, -0.1) is 0 Å². The molecule has 384 valence electrons. The third kappa shape index (κ3) is 51.5. The van der Waals surface area contributed by atoms with Crippen LogP contribution in [-0.2, 0) is 32.7 Å². The molecule has 0 radical (unpaired) electrons. The number of carbonyl (C=O) groups excluding carboxylic acids is 2. The fourth-order valence-electron chi connectivity index (χ4n) is 6.21. The van der Waals surface area contributed by atoms with Crippen molar-refractivity contribution in [3.8, 4) is 0 Å². The molecule has 10 heteroatoms. The molecule has 9 nitrogen and oxygen atoms in total. The van der Waals surface area contributed by atoms with Crippen LogP contribution in [0.25, 0.3) is 0 Å². The van der Waals surface area contributed by atoms with Gasteiger partial charge in [-0.05, 0) is 109 Å². The molecule has 0 saturated carbocycles. The van der Waals surface area contributed by atoms with Crippen molar-refractivity contribution < 1.29 is 42.1 Å². The summed E-state index contributed by atoms with van der Waals surface area (Å²) in [6.07, 6.45) is 69.1. The van der Waals surface area contributed by atoms with Gasteiger partial charge in [0.15, 0.2) is 6.10 Å². The molecule has 2 unspecified atom stereocenters.